The molecule has 0 saturated heterocycles. The fourth-order valence-corrected chi connectivity index (χ4v) is 2.34. The number of ether oxygens (including phenoxy) is 1. The summed E-state index contributed by atoms with van der Waals surface area (Å²) in [6.07, 6.45) is 2.35. The fraction of sp³-hybridized carbons (Fsp3) is 0.588. The van der Waals surface area contributed by atoms with Crippen molar-refractivity contribution in [1.29, 1.82) is 0 Å². The molecule has 0 atom stereocenters. The Kier molecular flexibility index (Phi) is 8.40. The summed E-state index contributed by atoms with van der Waals surface area (Å²) >= 11 is 5.86. The van der Waals surface area contributed by atoms with Gasteiger partial charge in [0, 0.05) is 31.6 Å². The van der Waals surface area contributed by atoms with Gasteiger partial charge in [-0.15, -0.1) is 0 Å². The van der Waals surface area contributed by atoms with Gasteiger partial charge in [-0.3, -0.25) is 4.79 Å². The molecule has 0 radical (unpaired) electrons. The van der Waals surface area contributed by atoms with E-state index in [-0.39, 0.29) is 5.91 Å². The fourth-order valence-electron chi connectivity index (χ4n) is 2.21. The van der Waals surface area contributed by atoms with Crippen molar-refractivity contribution in [3.05, 3.63) is 34.9 Å². The summed E-state index contributed by atoms with van der Waals surface area (Å²) in [5, 5.41) is 0.748. The third-order valence-corrected chi connectivity index (χ3v) is 3.52. The maximum atomic E-state index is 12.3. The largest absolute Gasteiger partial charge is 0.383 e. The van der Waals surface area contributed by atoms with Crippen molar-refractivity contribution in [2.24, 2.45) is 5.92 Å². The second kappa shape index (κ2) is 9.80. The molecule has 0 unspecified atom stereocenters. The van der Waals surface area contributed by atoms with Gasteiger partial charge in [0.15, 0.2) is 0 Å². The van der Waals surface area contributed by atoms with Crippen LogP contribution in [0.4, 0.5) is 0 Å². The van der Waals surface area contributed by atoms with Crippen LogP contribution in [-0.4, -0.2) is 37.6 Å². The van der Waals surface area contributed by atoms with Gasteiger partial charge in [0.05, 0.1) is 6.61 Å². The minimum Gasteiger partial charge on any atom is -0.383 e. The Labute approximate surface area is 133 Å². The molecule has 1 rings (SSSR count). The summed E-state index contributed by atoms with van der Waals surface area (Å²) in [6, 6.07) is 7.82. The van der Waals surface area contributed by atoms with E-state index in [0.29, 0.717) is 25.5 Å². The van der Waals surface area contributed by atoms with Crippen molar-refractivity contribution < 1.29 is 9.53 Å². The SMILES string of the molecule is COCCN(CC(C)C)C(=O)CCCc1ccc(Cl)cc1. The molecule has 0 bridgehead atoms. The van der Waals surface area contributed by atoms with Gasteiger partial charge in [-0.1, -0.05) is 37.6 Å². The Bertz CT molecular complexity index is 417. The number of amides is 1. The number of carbonyl (C=O) groups excluding carboxylic acids is 1. The number of aryl methyl sites for hydroxylation is 1. The van der Waals surface area contributed by atoms with Crippen LogP contribution in [0.2, 0.25) is 5.02 Å². The topological polar surface area (TPSA) is 29.5 Å². The molecule has 21 heavy (non-hydrogen) atoms. The normalized spacial score (nSPS) is 10.9. The molecule has 3 nitrogen and oxygen atoms in total. The first kappa shape index (κ1) is 18.0. The van der Waals surface area contributed by atoms with Crippen LogP contribution in [0, 0.1) is 5.92 Å². The molecule has 118 valence electrons. The minimum absolute atomic E-state index is 0.217. The number of nitrogens with zero attached hydrogens (tertiary/aromatic N) is 1. The van der Waals surface area contributed by atoms with Crippen LogP contribution < -0.4 is 0 Å². The standard InChI is InChI=1S/C17H26ClNO2/c1-14(2)13-19(11-12-21-3)17(20)6-4-5-15-7-9-16(18)10-8-15/h7-10,14H,4-6,11-13H2,1-3H3. The second-order valence-corrected chi connectivity index (χ2v) is 6.14. The Hall–Kier alpha value is -1.06. The van der Waals surface area contributed by atoms with Crippen molar-refractivity contribution in [1.82, 2.24) is 4.90 Å². The Morgan fingerprint density at radius 1 is 1.29 bits per heavy atom. The molecule has 4 heteroatoms. The number of carbonyl (C=O) groups is 1. The molecular weight excluding hydrogens is 286 g/mol. The molecule has 0 aliphatic carbocycles. The predicted octanol–water partition coefficient (Wildman–Crippen LogP) is 3.79. The molecule has 0 aliphatic heterocycles. The molecule has 1 aromatic carbocycles. The van der Waals surface area contributed by atoms with Crippen LogP contribution in [-0.2, 0) is 16.0 Å². The highest BCUT2D eigenvalue weighted by molar-refractivity contribution is 6.30. The van der Waals surface area contributed by atoms with Crippen molar-refractivity contribution in [2.45, 2.75) is 33.1 Å². The Balaban J connectivity index is 2.39. The quantitative estimate of drug-likeness (QED) is 0.694. The first-order valence-corrected chi connectivity index (χ1v) is 7.92. The summed E-state index contributed by atoms with van der Waals surface area (Å²) in [6.45, 7) is 6.31. The average Bonchev–Trinajstić information content (AvgIpc) is 2.45. The highest BCUT2D eigenvalue weighted by Gasteiger charge is 2.14. The zero-order chi connectivity index (χ0) is 15.7. The smallest absolute Gasteiger partial charge is 0.222 e. The first-order valence-electron chi connectivity index (χ1n) is 7.54. The van der Waals surface area contributed by atoms with Gasteiger partial charge in [-0.2, -0.15) is 0 Å². The lowest BCUT2D eigenvalue weighted by atomic mass is 10.1. The molecule has 0 N–H and O–H groups in total. The van der Waals surface area contributed by atoms with Crippen LogP contribution in [0.3, 0.4) is 0 Å². The van der Waals surface area contributed by atoms with Crippen LogP contribution >= 0.6 is 11.6 Å². The van der Waals surface area contributed by atoms with Crippen LogP contribution in [0.1, 0.15) is 32.3 Å². The summed E-state index contributed by atoms with van der Waals surface area (Å²) in [4.78, 5) is 14.2. The van der Waals surface area contributed by atoms with Gasteiger partial charge in [-0.05, 0) is 36.5 Å². The maximum absolute atomic E-state index is 12.3. The number of halogens is 1. The number of methoxy groups -OCH3 is 1. The van der Waals surface area contributed by atoms with E-state index in [1.54, 1.807) is 7.11 Å². The second-order valence-electron chi connectivity index (χ2n) is 5.71. The van der Waals surface area contributed by atoms with E-state index >= 15 is 0 Å². The van der Waals surface area contributed by atoms with Gasteiger partial charge < -0.3 is 9.64 Å². The zero-order valence-electron chi connectivity index (χ0n) is 13.3. The molecule has 0 aromatic heterocycles. The molecule has 1 amide bonds. The number of hydrogen-bond acceptors (Lipinski definition) is 2. The average molecular weight is 312 g/mol. The van der Waals surface area contributed by atoms with E-state index in [0.717, 1.165) is 24.4 Å². The molecule has 0 spiro atoms. The van der Waals surface area contributed by atoms with Gasteiger partial charge in [0.1, 0.15) is 0 Å². The molecule has 1 aromatic rings. The van der Waals surface area contributed by atoms with Crippen molar-refractivity contribution in [2.75, 3.05) is 26.8 Å². The van der Waals surface area contributed by atoms with Gasteiger partial charge >= 0.3 is 0 Å². The van der Waals surface area contributed by atoms with Gasteiger partial charge in [-0.25, -0.2) is 0 Å². The van der Waals surface area contributed by atoms with E-state index in [1.807, 2.05) is 29.2 Å². The first-order chi connectivity index (χ1) is 10.0. The van der Waals surface area contributed by atoms with Gasteiger partial charge in [0.2, 0.25) is 5.91 Å². The monoisotopic (exact) mass is 311 g/mol. The zero-order valence-corrected chi connectivity index (χ0v) is 14.0. The summed E-state index contributed by atoms with van der Waals surface area (Å²) in [5.41, 5.74) is 1.22. The Morgan fingerprint density at radius 3 is 2.52 bits per heavy atom. The van der Waals surface area contributed by atoms with Crippen molar-refractivity contribution in [3.63, 3.8) is 0 Å². The van der Waals surface area contributed by atoms with Crippen molar-refractivity contribution >= 4 is 17.5 Å². The lowest BCUT2D eigenvalue weighted by Gasteiger charge is -2.24. The molecule has 0 saturated carbocycles. The number of rotatable bonds is 9. The van der Waals surface area contributed by atoms with E-state index < -0.39 is 0 Å². The summed E-state index contributed by atoms with van der Waals surface area (Å²) in [5.74, 6) is 0.691. The molecular formula is C17H26ClNO2. The third kappa shape index (κ3) is 7.49. The third-order valence-electron chi connectivity index (χ3n) is 3.27. The van der Waals surface area contributed by atoms with Crippen LogP contribution in [0.15, 0.2) is 24.3 Å². The number of benzene rings is 1. The van der Waals surface area contributed by atoms with Crippen LogP contribution in [0.5, 0.6) is 0 Å². The highest BCUT2D eigenvalue weighted by atomic mass is 35.5. The molecule has 0 aliphatic rings. The van der Waals surface area contributed by atoms with E-state index in [4.69, 9.17) is 16.3 Å². The summed E-state index contributed by atoms with van der Waals surface area (Å²) < 4.78 is 5.08. The Morgan fingerprint density at radius 2 is 1.95 bits per heavy atom. The molecule has 0 heterocycles. The van der Waals surface area contributed by atoms with E-state index in [9.17, 15) is 4.79 Å². The van der Waals surface area contributed by atoms with Crippen molar-refractivity contribution in [3.8, 4) is 0 Å². The minimum atomic E-state index is 0.217. The van der Waals surface area contributed by atoms with Gasteiger partial charge in [0.25, 0.3) is 0 Å². The molecule has 0 fully saturated rings. The van der Waals surface area contributed by atoms with E-state index in [2.05, 4.69) is 13.8 Å². The lowest BCUT2D eigenvalue weighted by Crippen LogP contribution is -2.36. The number of hydrogen-bond donors (Lipinski definition) is 0. The highest BCUT2D eigenvalue weighted by Crippen LogP contribution is 2.12. The van der Waals surface area contributed by atoms with Crippen LogP contribution in [0.25, 0.3) is 0 Å². The lowest BCUT2D eigenvalue weighted by molar-refractivity contribution is -0.132. The maximum Gasteiger partial charge on any atom is 0.222 e. The van der Waals surface area contributed by atoms with E-state index in [1.165, 1.54) is 5.56 Å². The predicted molar refractivity (Wildman–Crippen MR) is 87.7 cm³/mol. The summed E-state index contributed by atoms with van der Waals surface area (Å²) in [7, 11) is 1.67.